The molecule has 2 aromatic carbocycles. The lowest BCUT2D eigenvalue weighted by molar-refractivity contribution is 0.368. The van der Waals surface area contributed by atoms with Gasteiger partial charge in [-0.1, -0.05) is 12.1 Å². The summed E-state index contributed by atoms with van der Waals surface area (Å²) in [6.45, 7) is 0.143. The number of halogens is 3. The number of nitrogens with zero attached hydrogens (tertiary/aromatic N) is 1. The van der Waals surface area contributed by atoms with E-state index in [0.29, 0.717) is 11.8 Å². The first-order valence-corrected chi connectivity index (χ1v) is 6.07. The van der Waals surface area contributed by atoms with Gasteiger partial charge in [0.05, 0.1) is 5.69 Å². The fourth-order valence-electron chi connectivity index (χ4n) is 1.70. The van der Waals surface area contributed by atoms with Crippen molar-refractivity contribution >= 4 is 5.69 Å². The van der Waals surface area contributed by atoms with Gasteiger partial charge in [0.25, 0.3) is 0 Å². The van der Waals surface area contributed by atoms with Crippen LogP contribution < -0.4 is 10.1 Å². The topological polar surface area (TPSA) is 45.0 Å². The fourth-order valence-corrected chi connectivity index (χ4v) is 1.70. The van der Waals surface area contributed by atoms with Crippen LogP contribution in [0.4, 0.5) is 18.9 Å². The highest BCUT2D eigenvalue weighted by Crippen LogP contribution is 2.20. The van der Waals surface area contributed by atoms with Gasteiger partial charge >= 0.3 is 0 Å². The standard InChI is InChI=1S/C15H11F3N2O/c16-11-7-13(17)15(18)14(8-11)20-9-10-1-3-12(4-2-10)21-6-5-19/h1-4,7-8,20H,6,9H2. The maximum absolute atomic E-state index is 13.4. The van der Waals surface area contributed by atoms with E-state index < -0.39 is 17.5 Å². The molecular weight excluding hydrogens is 281 g/mol. The third-order valence-corrected chi connectivity index (χ3v) is 2.70. The molecule has 0 bridgehead atoms. The Bertz CT molecular complexity index is 666. The van der Waals surface area contributed by atoms with Crippen LogP contribution in [0.15, 0.2) is 36.4 Å². The smallest absolute Gasteiger partial charge is 0.182 e. The van der Waals surface area contributed by atoms with Crippen molar-refractivity contribution in [2.45, 2.75) is 6.54 Å². The van der Waals surface area contributed by atoms with Gasteiger partial charge in [-0.15, -0.1) is 0 Å². The van der Waals surface area contributed by atoms with E-state index in [1.165, 1.54) is 0 Å². The van der Waals surface area contributed by atoms with Crippen LogP contribution in [0.2, 0.25) is 0 Å². The predicted molar refractivity (Wildman–Crippen MR) is 71.2 cm³/mol. The maximum Gasteiger partial charge on any atom is 0.182 e. The SMILES string of the molecule is N#CCOc1ccc(CNc2cc(F)cc(F)c2F)cc1. The quantitative estimate of drug-likeness (QED) is 0.856. The van der Waals surface area contributed by atoms with Crippen LogP contribution in [-0.2, 0) is 6.54 Å². The molecule has 0 radical (unpaired) electrons. The van der Waals surface area contributed by atoms with Gasteiger partial charge in [-0.3, -0.25) is 0 Å². The van der Waals surface area contributed by atoms with Gasteiger partial charge in [0.1, 0.15) is 17.6 Å². The van der Waals surface area contributed by atoms with Gasteiger partial charge in [-0.05, 0) is 17.7 Å². The van der Waals surface area contributed by atoms with Gasteiger partial charge in [0.2, 0.25) is 0 Å². The minimum atomic E-state index is -1.24. The average molecular weight is 292 g/mol. The molecule has 0 saturated heterocycles. The molecule has 0 heterocycles. The van der Waals surface area contributed by atoms with E-state index in [9.17, 15) is 13.2 Å². The van der Waals surface area contributed by atoms with Crippen molar-refractivity contribution in [2.75, 3.05) is 11.9 Å². The minimum absolute atomic E-state index is 0.0502. The first-order chi connectivity index (χ1) is 10.1. The van der Waals surface area contributed by atoms with Gasteiger partial charge in [-0.2, -0.15) is 5.26 Å². The third-order valence-electron chi connectivity index (χ3n) is 2.70. The zero-order valence-corrected chi connectivity index (χ0v) is 10.9. The van der Waals surface area contributed by atoms with Gasteiger partial charge in [-0.25, -0.2) is 13.2 Å². The maximum atomic E-state index is 13.4. The molecule has 0 saturated carbocycles. The van der Waals surface area contributed by atoms with Crippen LogP contribution >= 0.6 is 0 Å². The Morgan fingerprint density at radius 2 is 1.81 bits per heavy atom. The fraction of sp³-hybridized carbons (Fsp3) is 0.133. The highest BCUT2D eigenvalue weighted by molar-refractivity contribution is 5.46. The van der Waals surface area contributed by atoms with E-state index in [1.54, 1.807) is 24.3 Å². The lowest BCUT2D eigenvalue weighted by atomic mass is 10.2. The van der Waals surface area contributed by atoms with Crippen LogP contribution in [0.1, 0.15) is 5.56 Å². The minimum Gasteiger partial charge on any atom is -0.479 e. The molecule has 0 atom stereocenters. The Balaban J connectivity index is 2.02. The molecule has 3 nitrogen and oxygen atoms in total. The number of nitriles is 1. The number of benzene rings is 2. The lowest BCUT2D eigenvalue weighted by Gasteiger charge is -2.09. The Labute approximate surface area is 119 Å². The molecule has 0 aromatic heterocycles. The van der Waals surface area contributed by atoms with Crippen LogP contribution in [0.25, 0.3) is 0 Å². The highest BCUT2D eigenvalue weighted by atomic mass is 19.2. The monoisotopic (exact) mass is 292 g/mol. The number of anilines is 1. The summed E-state index contributed by atoms with van der Waals surface area (Å²) in [6, 6.07) is 9.93. The first-order valence-electron chi connectivity index (χ1n) is 6.07. The third kappa shape index (κ3) is 3.89. The summed E-state index contributed by atoms with van der Waals surface area (Å²) >= 11 is 0. The van der Waals surface area contributed by atoms with Crippen LogP contribution in [0.3, 0.4) is 0 Å². The molecule has 1 N–H and O–H groups in total. The molecule has 0 aliphatic carbocycles. The number of hydrogen-bond donors (Lipinski definition) is 1. The molecule has 0 unspecified atom stereocenters. The number of nitrogens with one attached hydrogen (secondary N) is 1. The Kier molecular flexibility index (Phi) is 4.67. The van der Waals surface area contributed by atoms with Crippen LogP contribution in [0.5, 0.6) is 5.75 Å². The van der Waals surface area contributed by atoms with Gasteiger partial charge in [0.15, 0.2) is 18.2 Å². The summed E-state index contributed by atoms with van der Waals surface area (Å²) in [5.74, 6) is -2.68. The average Bonchev–Trinajstić information content (AvgIpc) is 2.48. The molecule has 2 aromatic rings. The van der Waals surface area contributed by atoms with Crippen molar-refractivity contribution in [2.24, 2.45) is 0 Å². The van der Waals surface area contributed by atoms with Crippen molar-refractivity contribution in [1.29, 1.82) is 5.26 Å². The predicted octanol–water partition coefficient (Wildman–Crippen LogP) is 3.62. The first kappa shape index (κ1) is 14.7. The van der Waals surface area contributed by atoms with Gasteiger partial charge in [0, 0.05) is 18.7 Å². The zero-order valence-electron chi connectivity index (χ0n) is 10.9. The number of rotatable bonds is 5. The zero-order chi connectivity index (χ0) is 15.2. The molecule has 0 aliphatic heterocycles. The summed E-state index contributed by atoms with van der Waals surface area (Å²) in [4.78, 5) is 0. The molecule has 0 fully saturated rings. The highest BCUT2D eigenvalue weighted by Gasteiger charge is 2.10. The van der Waals surface area contributed by atoms with Crippen molar-refractivity contribution in [3.8, 4) is 11.8 Å². The van der Waals surface area contributed by atoms with Crippen molar-refractivity contribution < 1.29 is 17.9 Å². The van der Waals surface area contributed by atoms with E-state index in [-0.39, 0.29) is 18.8 Å². The van der Waals surface area contributed by atoms with Gasteiger partial charge < -0.3 is 10.1 Å². The second kappa shape index (κ2) is 6.66. The lowest BCUT2D eigenvalue weighted by Crippen LogP contribution is -2.03. The molecule has 21 heavy (non-hydrogen) atoms. The Morgan fingerprint density at radius 1 is 1.10 bits per heavy atom. The van der Waals surface area contributed by atoms with E-state index in [2.05, 4.69) is 5.32 Å². The summed E-state index contributed by atoms with van der Waals surface area (Å²) in [7, 11) is 0. The summed E-state index contributed by atoms with van der Waals surface area (Å²) in [5.41, 5.74) is 0.528. The van der Waals surface area contributed by atoms with E-state index in [4.69, 9.17) is 10.00 Å². The largest absolute Gasteiger partial charge is 0.479 e. The number of ether oxygens (including phenoxy) is 1. The van der Waals surface area contributed by atoms with Crippen LogP contribution in [0, 0.1) is 28.8 Å². The molecule has 108 valence electrons. The number of hydrogen-bond acceptors (Lipinski definition) is 3. The normalized spacial score (nSPS) is 10.0. The van der Waals surface area contributed by atoms with E-state index in [1.807, 2.05) is 6.07 Å². The second-order valence-electron chi connectivity index (χ2n) is 4.19. The summed E-state index contributed by atoms with van der Waals surface area (Å²) in [6.07, 6.45) is 0. The molecular formula is C15H11F3N2O. The summed E-state index contributed by atoms with van der Waals surface area (Å²) < 4.78 is 44.6. The Hall–Kier alpha value is -2.68. The molecule has 0 spiro atoms. The molecule has 2 rings (SSSR count). The van der Waals surface area contributed by atoms with Crippen molar-refractivity contribution in [3.05, 3.63) is 59.4 Å². The Morgan fingerprint density at radius 3 is 2.48 bits per heavy atom. The van der Waals surface area contributed by atoms with Crippen molar-refractivity contribution in [1.82, 2.24) is 0 Å². The second-order valence-corrected chi connectivity index (χ2v) is 4.19. The summed E-state index contributed by atoms with van der Waals surface area (Å²) in [5, 5.41) is 11.0. The van der Waals surface area contributed by atoms with E-state index in [0.717, 1.165) is 11.6 Å². The molecule has 6 heteroatoms. The molecule has 0 aliphatic rings. The van der Waals surface area contributed by atoms with E-state index >= 15 is 0 Å². The van der Waals surface area contributed by atoms with Crippen LogP contribution in [-0.4, -0.2) is 6.61 Å². The molecule has 0 amide bonds. The van der Waals surface area contributed by atoms with Crippen molar-refractivity contribution in [3.63, 3.8) is 0 Å².